The van der Waals surface area contributed by atoms with Gasteiger partial charge in [0.2, 0.25) is 11.9 Å². The highest BCUT2D eigenvalue weighted by molar-refractivity contribution is 5.34. The smallest absolute Gasteiger partial charge is 0.227 e. The van der Waals surface area contributed by atoms with E-state index in [1.54, 1.807) is 6.33 Å². The lowest BCUT2D eigenvalue weighted by Gasteiger charge is -2.28. The van der Waals surface area contributed by atoms with Crippen molar-refractivity contribution in [1.82, 2.24) is 15.0 Å². The lowest BCUT2D eigenvalue weighted by molar-refractivity contribution is 0.408. The van der Waals surface area contributed by atoms with Crippen molar-refractivity contribution in [1.29, 1.82) is 0 Å². The number of aromatic nitrogens is 3. The Kier molecular flexibility index (Phi) is 5.04. The van der Waals surface area contributed by atoms with Crippen LogP contribution in [0.1, 0.15) is 51.4 Å². The Morgan fingerprint density at radius 1 is 0.727 bits per heavy atom. The second kappa shape index (κ2) is 7.19. The molecule has 6 N–H and O–H groups in total. The van der Waals surface area contributed by atoms with Crippen molar-refractivity contribution < 1.29 is 0 Å². The number of nitrogens with zero attached hydrogens (tertiary/aromatic N) is 3. The van der Waals surface area contributed by atoms with Gasteiger partial charge < -0.3 is 22.1 Å². The van der Waals surface area contributed by atoms with E-state index in [1.165, 1.54) is 0 Å². The zero-order valence-electron chi connectivity index (χ0n) is 13.0. The third kappa shape index (κ3) is 4.27. The second-order valence-corrected chi connectivity index (χ2v) is 6.64. The monoisotopic (exact) mass is 305 g/mol. The fraction of sp³-hybridized carbons (Fsp3) is 0.800. The molecule has 0 radical (unpaired) electrons. The fourth-order valence-corrected chi connectivity index (χ4v) is 3.33. The van der Waals surface area contributed by atoms with Gasteiger partial charge >= 0.3 is 0 Å². The predicted octanol–water partition coefficient (Wildman–Crippen LogP) is 1.24. The summed E-state index contributed by atoms with van der Waals surface area (Å²) in [5.41, 5.74) is 11.9. The molecule has 1 aromatic rings. The zero-order valence-corrected chi connectivity index (χ0v) is 13.0. The molecule has 1 aromatic heterocycles. The van der Waals surface area contributed by atoms with E-state index in [9.17, 15) is 0 Å². The highest BCUT2D eigenvalue weighted by atomic mass is 15.2. The first-order valence-corrected chi connectivity index (χ1v) is 8.42. The summed E-state index contributed by atoms with van der Waals surface area (Å²) in [6, 6.07) is 1.54. The first-order chi connectivity index (χ1) is 10.7. The van der Waals surface area contributed by atoms with Crippen LogP contribution in [0.25, 0.3) is 0 Å². The molecule has 0 amide bonds. The van der Waals surface area contributed by atoms with Crippen molar-refractivity contribution in [2.45, 2.75) is 75.5 Å². The molecule has 0 bridgehead atoms. The standard InChI is InChI=1S/C15H27N7/c16-10-1-5-12(6-2-10)20-14-18-9-19-15(22-14)21-13-7-3-11(17)4-8-13/h9-13H,1-8,16-17H2,(H2,18,19,20,21,22). The van der Waals surface area contributed by atoms with E-state index in [0.29, 0.717) is 36.1 Å². The van der Waals surface area contributed by atoms with E-state index in [1.807, 2.05) is 0 Å². The summed E-state index contributed by atoms with van der Waals surface area (Å²) in [4.78, 5) is 13.0. The Bertz CT molecular complexity index is 425. The maximum atomic E-state index is 5.94. The largest absolute Gasteiger partial charge is 0.351 e. The van der Waals surface area contributed by atoms with Crippen LogP contribution in [-0.2, 0) is 0 Å². The van der Waals surface area contributed by atoms with Crippen LogP contribution in [-0.4, -0.2) is 39.1 Å². The molecule has 3 rings (SSSR count). The average Bonchev–Trinajstić information content (AvgIpc) is 2.52. The molecule has 1 heterocycles. The lowest BCUT2D eigenvalue weighted by Crippen LogP contribution is -2.34. The topological polar surface area (TPSA) is 115 Å². The normalized spacial score (nSPS) is 32.5. The SMILES string of the molecule is NC1CCC(Nc2ncnc(NC3CCC(N)CC3)n2)CC1. The minimum Gasteiger partial charge on any atom is -0.351 e. The molecule has 2 aliphatic carbocycles. The van der Waals surface area contributed by atoms with E-state index in [0.717, 1.165) is 51.4 Å². The molecular weight excluding hydrogens is 278 g/mol. The minimum atomic E-state index is 0.353. The van der Waals surface area contributed by atoms with Gasteiger partial charge in [-0.3, -0.25) is 0 Å². The summed E-state index contributed by atoms with van der Waals surface area (Å²) < 4.78 is 0. The van der Waals surface area contributed by atoms with E-state index in [2.05, 4.69) is 25.6 Å². The summed E-state index contributed by atoms with van der Waals surface area (Å²) >= 11 is 0. The van der Waals surface area contributed by atoms with E-state index >= 15 is 0 Å². The summed E-state index contributed by atoms with van der Waals surface area (Å²) in [6.45, 7) is 0. The van der Waals surface area contributed by atoms with Crippen molar-refractivity contribution >= 4 is 11.9 Å². The first-order valence-electron chi connectivity index (χ1n) is 8.42. The lowest BCUT2D eigenvalue weighted by atomic mass is 9.92. The van der Waals surface area contributed by atoms with Gasteiger partial charge in [0.25, 0.3) is 0 Å². The van der Waals surface area contributed by atoms with Gasteiger partial charge in [0.1, 0.15) is 6.33 Å². The van der Waals surface area contributed by atoms with E-state index < -0.39 is 0 Å². The van der Waals surface area contributed by atoms with Gasteiger partial charge in [-0.25, -0.2) is 9.97 Å². The molecule has 0 aliphatic heterocycles. The molecule has 2 fully saturated rings. The number of anilines is 2. The van der Waals surface area contributed by atoms with Crippen molar-refractivity contribution in [3.63, 3.8) is 0 Å². The highest BCUT2D eigenvalue weighted by Crippen LogP contribution is 2.21. The summed E-state index contributed by atoms with van der Waals surface area (Å²) in [6.07, 6.45) is 10.2. The molecule has 0 saturated heterocycles. The zero-order chi connectivity index (χ0) is 15.4. The summed E-state index contributed by atoms with van der Waals surface area (Å²) in [5.74, 6) is 1.32. The van der Waals surface area contributed by atoms with Crippen LogP contribution in [0.2, 0.25) is 0 Å². The summed E-state index contributed by atoms with van der Waals surface area (Å²) in [5, 5.41) is 6.82. The number of rotatable bonds is 4. The van der Waals surface area contributed by atoms with Gasteiger partial charge in [-0.05, 0) is 51.4 Å². The molecule has 7 nitrogen and oxygen atoms in total. The maximum absolute atomic E-state index is 5.94. The number of nitrogens with two attached hydrogens (primary N) is 2. The Morgan fingerprint density at radius 3 is 1.55 bits per heavy atom. The summed E-state index contributed by atoms with van der Waals surface area (Å²) in [7, 11) is 0. The van der Waals surface area contributed by atoms with Crippen LogP contribution in [0.5, 0.6) is 0 Å². The molecule has 22 heavy (non-hydrogen) atoms. The number of hydrogen-bond donors (Lipinski definition) is 4. The van der Waals surface area contributed by atoms with Crippen molar-refractivity contribution in [3.05, 3.63) is 6.33 Å². The van der Waals surface area contributed by atoms with Gasteiger partial charge in [0, 0.05) is 24.2 Å². The third-order valence-electron chi connectivity index (χ3n) is 4.78. The van der Waals surface area contributed by atoms with E-state index in [4.69, 9.17) is 11.5 Å². The van der Waals surface area contributed by atoms with Crippen molar-refractivity contribution in [3.8, 4) is 0 Å². The van der Waals surface area contributed by atoms with Gasteiger partial charge in [-0.2, -0.15) is 4.98 Å². The molecule has 2 aliphatic rings. The maximum Gasteiger partial charge on any atom is 0.227 e. The molecule has 0 atom stereocenters. The van der Waals surface area contributed by atoms with Crippen LogP contribution in [0.15, 0.2) is 6.33 Å². The van der Waals surface area contributed by atoms with Crippen LogP contribution < -0.4 is 22.1 Å². The van der Waals surface area contributed by atoms with Crippen LogP contribution in [0.3, 0.4) is 0 Å². The van der Waals surface area contributed by atoms with Gasteiger partial charge in [-0.15, -0.1) is 0 Å². The van der Waals surface area contributed by atoms with Crippen LogP contribution in [0.4, 0.5) is 11.9 Å². The molecule has 0 aromatic carbocycles. The first kappa shape index (κ1) is 15.4. The quantitative estimate of drug-likeness (QED) is 0.661. The van der Waals surface area contributed by atoms with E-state index in [-0.39, 0.29) is 0 Å². The van der Waals surface area contributed by atoms with Gasteiger partial charge in [-0.1, -0.05) is 0 Å². The molecule has 7 heteroatoms. The predicted molar refractivity (Wildman–Crippen MR) is 87.5 cm³/mol. The van der Waals surface area contributed by atoms with Crippen molar-refractivity contribution in [2.24, 2.45) is 11.5 Å². The minimum absolute atomic E-state index is 0.353. The fourth-order valence-electron chi connectivity index (χ4n) is 3.33. The van der Waals surface area contributed by atoms with Crippen LogP contribution >= 0.6 is 0 Å². The Labute approximate surface area is 131 Å². The Morgan fingerprint density at radius 2 is 1.14 bits per heavy atom. The molecule has 0 spiro atoms. The van der Waals surface area contributed by atoms with Gasteiger partial charge in [0.15, 0.2) is 0 Å². The Hall–Kier alpha value is -1.47. The molecule has 0 unspecified atom stereocenters. The second-order valence-electron chi connectivity index (χ2n) is 6.64. The van der Waals surface area contributed by atoms with Crippen LogP contribution in [0, 0.1) is 0 Å². The third-order valence-corrected chi connectivity index (χ3v) is 4.78. The molecular formula is C15H27N7. The molecule has 2 saturated carbocycles. The van der Waals surface area contributed by atoms with Crippen molar-refractivity contribution in [2.75, 3.05) is 10.6 Å². The number of hydrogen-bond acceptors (Lipinski definition) is 7. The number of nitrogens with one attached hydrogen (secondary N) is 2. The highest BCUT2D eigenvalue weighted by Gasteiger charge is 2.21. The average molecular weight is 305 g/mol. The Balaban J connectivity index is 1.53. The molecule has 122 valence electrons. The van der Waals surface area contributed by atoms with Gasteiger partial charge in [0.05, 0.1) is 0 Å².